The Kier molecular flexibility index (Phi) is 10.1. The van der Waals surface area contributed by atoms with Gasteiger partial charge in [-0.1, -0.05) is 29.3 Å². The number of hydrogen-bond acceptors (Lipinski definition) is 6. The van der Waals surface area contributed by atoms with Gasteiger partial charge in [-0.15, -0.1) is 0 Å². The van der Waals surface area contributed by atoms with Crippen molar-refractivity contribution in [3.63, 3.8) is 0 Å². The minimum absolute atomic E-state index is 0. The Morgan fingerprint density at radius 1 is 1.03 bits per heavy atom. The number of hydrogen-bond donors (Lipinski definition) is 0. The van der Waals surface area contributed by atoms with Crippen molar-refractivity contribution in [2.75, 3.05) is 13.7 Å². The van der Waals surface area contributed by atoms with Crippen LogP contribution in [-0.2, 0) is 11.2 Å². The van der Waals surface area contributed by atoms with Crippen molar-refractivity contribution in [3.05, 3.63) is 81.3 Å². The zero-order valence-electron chi connectivity index (χ0n) is 20.0. The molecule has 0 spiro atoms. The Balaban J connectivity index is 0.00000361. The minimum atomic E-state index is -1.16. The van der Waals surface area contributed by atoms with Crippen molar-refractivity contribution in [2.45, 2.75) is 31.6 Å². The van der Waals surface area contributed by atoms with Crippen LogP contribution in [0.1, 0.15) is 46.7 Å². The van der Waals surface area contributed by atoms with Gasteiger partial charge in [0.2, 0.25) is 0 Å². The van der Waals surface area contributed by atoms with E-state index in [0.29, 0.717) is 64.8 Å². The van der Waals surface area contributed by atoms with Crippen LogP contribution in [0.5, 0.6) is 23.0 Å². The molecular formula is C27H23Cl2NaO6. The second-order valence-electron chi connectivity index (χ2n) is 8.19. The van der Waals surface area contributed by atoms with E-state index in [0.717, 1.165) is 5.56 Å². The van der Waals surface area contributed by atoms with Gasteiger partial charge in [-0.05, 0) is 67.3 Å². The normalized spacial score (nSPS) is 14.1. The van der Waals surface area contributed by atoms with Crippen LogP contribution in [0.3, 0.4) is 0 Å². The first kappa shape index (κ1) is 28.4. The molecule has 3 aromatic rings. The van der Waals surface area contributed by atoms with Gasteiger partial charge in [0.05, 0.1) is 18.7 Å². The summed E-state index contributed by atoms with van der Waals surface area (Å²) in [5.41, 5.74) is 2.03. The molecule has 0 amide bonds. The number of aryl methyl sites for hydroxylation is 1. The second kappa shape index (κ2) is 12.8. The SMILES string of the molecule is COc1ccc(CCCC(=O)c2ccc(Oc3cc4c(cc3Cl)C(C(=O)[O-])CCO4)cc2)c(Cl)c1.[Na+]. The van der Waals surface area contributed by atoms with Gasteiger partial charge in [-0.25, -0.2) is 0 Å². The first-order chi connectivity index (χ1) is 16.9. The zero-order valence-corrected chi connectivity index (χ0v) is 23.5. The quantitative estimate of drug-likeness (QED) is 0.308. The molecular weight excluding hydrogens is 514 g/mol. The fourth-order valence-electron chi connectivity index (χ4n) is 3.99. The van der Waals surface area contributed by atoms with E-state index in [-0.39, 0.29) is 47.0 Å². The molecule has 3 aromatic carbocycles. The predicted octanol–water partition coefficient (Wildman–Crippen LogP) is 2.62. The van der Waals surface area contributed by atoms with Gasteiger partial charge in [-0.2, -0.15) is 0 Å². The van der Waals surface area contributed by atoms with Crippen molar-refractivity contribution < 1.29 is 58.5 Å². The topological polar surface area (TPSA) is 84.9 Å². The van der Waals surface area contributed by atoms with E-state index >= 15 is 0 Å². The van der Waals surface area contributed by atoms with E-state index in [1.165, 1.54) is 0 Å². The molecule has 0 bridgehead atoms. The smallest absolute Gasteiger partial charge is 0.549 e. The number of rotatable bonds is 9. The van der Waals surface area contributed by atoms with Gasteiger partial charge in [0.15, 0.2) is 5.78 Å². The monoisotopic (exact) mass is 536 g/mol. The minimum Gasteiger partial charge on any atom is -0.549 e. The molecule has 0 fully saturated rings. The Hall–Kier alpha value is -2.22. The van der Waals surface area contributed by atoms with E-state index in [9.17, 15) is 14.7 Å². The molecule has 4 rings (SSSR count). The summed E-state index contributed by atoms with van der Waals surface area (Å²) in [4.78, 5) is 24.0. The molecule has 0 N–H and O–H groups in total. The Labute approximate surface area is 241 Å². The number of Topliss-reactive ketones (excluding diaryl/α,β-unsaturated/α-hetero) is 1. The molecule has 1 aliphatic rings. The molecule has 0 aliphatic carbocycles. The number of carbonyl (C=O) groups excluding carboxylic acids is 2. The first-order valence-electron chi connectivity index (χ1n) is 11.2. The van der Waals surface area contributed by atoms with Crippen LogP contribution < -0.4 is 48.9 Å². The average molecular weight is 537 g/mol. The van der Waals surface area contributed by atoms with E-state index < -0.39 is 11.9 Å². The molecule has 36 heavy (non-hydrogen) atoms. The molecule has 9 heteroatoms. The van der Waals surface area contributed by atoms with Gasteiger partial charge in [0, 0.05) is 40.5 Å². The van der Waals surface area contributed by atoms with E-state index in [1.807, 2.05) is 12.1 Å². The third kappa shape index (κ3) is 6.75. The number of carboxylic acid groups (broad SMARTS) is 1. The summed E-state index contributed by atoms with van der Waals surface area (Å²) in [7, 11) is 1.59. The molecule has 6 nitrogen and oxygen atoms in total. The average Bonchev–Trinajstić information content (AvgIpc) is 2.85. The zero-order chi connectivity index (χ0) is 24.9. The van der Waals surface area contributed by atoms with Crippen LogP contribution in [0.15, 0.2) is 54.6 Å². The summed E-state index contributed by atoms with van der Waals surface area (Å²) in [6.45, 7) is 0.272. The van der Waals surface area contributed by atoms with Crippen molar-refractivity contribution in [1.29, 1.82) is 0 Å². The Morgan fingerprint density at radius 3 is 2.42 bits per heavy atom. The molecule has 0 aromatic heterocycles. The molecule has 182 valence electrons. The summed E-state index contributed by atoms with van der Waals surface area (Å²) in [5.74, 6) is 0.0231. The molecule has 1 aliphatic heterocycles. The predicted molar refractivity (Wildman–Crippen MR) is 131 cm³/mol. The Bertz CT molecular complexity index is 1250. The van der Waals surface area contributed by atoms with E-state index in [4.69, 9.17) is 37.4 Å². The molecule has 0 saturated heterocycles. The van der Waals surface area contributed by atoms with E-state index in [2.05, 4.69) is 0 Å². The van der Waals surface area contributed by atoms with Gasteiger partial charge >= 0.3 is 29.6 Å². The van der Waals surface area contributed by atoms with Crippen molar-refractivity contribution in [1.82, 2.24) is 0 Å². The number of halogens is 2. The van der Waals surface area contributed by atoms with Crippen LogP contribution in [0, 0.1) is 0 Å². The third-order valence-electron chi connectivity index (χ3n) is 5.90. The van der Waals surface area contributed by atoms with Crippen molar-refractivity contribution in [2.24, 2.45) is 0 Å². The summed E-state index contributed by atoms with van der Waals surface area (Å²) < 4.78 is 16.6. The number of ketones is 1. The number of ether oxygens (including phenoxy) is 3. The summed E-state index contributed by atoms with van der Waals surface area (Å²) >= 11 is 12.6. The fourth-order valence-corrected chi connectivity index (χ4v) is 4.47. The van der Waals surface area contributed by atoms with Gasteiger partial charge in [-0.3, -0.25) is 4.79 Å². The Morgan fingerprint density at radius 2 is 1.75 bits per heavy atom. The third-order valence-corrected chi connectivity index (χ3v) is 6.55. The molecule has 0 radical (unpaired) electrons. The number of aliphatic carboxylic acids is 1. The molecule has 1 unspecified atom stereocenters. The molecule has 0 saturated carbocycles. The summed E-state index contributed by atoms with van der Waals surface area (Å²) in [5, 5.41) is 12.3. The van der Waals surface area contributed by atoms with Crippen LogP contribution in [0.4, 0.5) is 0 Å². The number of methoxy groups -OCH3 is 1. The number of carboxylic acids is 1. The number of carbonyl (C=O) groups is 2. The summed E-state index contributed by atoms with van der Waals surface area (Å²) in [6, 6.07) is 15.4. The number of benzene rings is 3. The largest absolute Gasteiger partial charge is 1.00 e. The molecule has 1 atom stereocenters. The van der Waals surface area contributed by atoms with Crippen molar-refractivity contribution in [3.8, 4) is 23.0 Å². The fraction of sp³-hybridized carbons (Fsp3) is 0.259. The standard InChI is InChI=1S/C27H24Cl2O6.Na/c1-33-19-10-5-16(22(28)13-19)3-2-4-24(30)17-6-8-18(9-7-17)35-26-15-25-21(14-23(26)29)20(27(31)32)11-12-34-25;/h5-10,13-15,20H,2-4,11-12H2,1H3,(H,31,32);/q;+1/p-1. The van der Waals surface area contributed by atoms with Crippen molar-refractivity contribution >= 4 is 35.0 Å². The van der Waals surface area contributed by atoms with Gasteiger partial charge < -0.3 is 24.1 Å². The first-order valence-corrected chi connectivity index (χ1v) is 11.9. The van der Waals surface area contributed by atoms with Crippen LogP contribution in [0.2, 0.25) is 10.0 Å². The maximum Gasteiger partial charge on any atom is 1.00 e. The van der Waals surface area contributed by atoms with Gasteiger partial charge in [0.25, 0.3) is 0 Å². The van der Waals surface area contributed by atoms with E-state index in [1.54, 1.807) is 49.6 Å². The maximum absolute atomic E-state index is 12.6. The second-order valence-corrected chi connectivity index (χ2v) is 9.00. The maximum atomic E-state index is 12.6. The molecule has 1 heterocycles. The summed E-state index contributed by atoms with van der Waals surface area (Å²) in [6.07, 6.45) is 2.07. The van der Waals surface area contributed by atoms with Gasteiger partial charge in [0.1, 0.15) is 23.0 Å². The van der Waals surface area contributed by atoms with Crippen LogP contribution in [0.25, 0.3) is 0 Å². The van der Waals surface area contributed by atoms with Crippen LogP contribution in [-0.4, -0.2) is 25.5 Å². The van der Waals surface area contributed by atoms with Crippen LogP contribution >= 0.6 is 23.2 Å². The number of fused-ring (bicyclic) bond motifs is 1.